The zero-order valence-electron chi connectivity index (χ0n) is 17.2. The zero-order chi connectivity index (χ0) is 22.2. The first kappa shape index (κ1) is 21.4. The SMILES string of the molecule is Cn1ccnc1[C@@H](NC(=O)c1ccc2c(c1)CCCN2S(C)(=O)=O)c1ccc(Cl)cc1. The molecule has 0 spiro atoms. The number of aromatic nitrogens is 2. The van der Waals surface area contributed by atoms with E-state index in [0.717, 1.165) is 17.5 Å². The summed E-state index contributed by atoms with van der Waals surface area (Å²) in [6.45, 7) is 0.454. The van der Waals surface area contributed by atoms with Gasteiger partial charge in [0, 0.05) is 36.6 Å². The molecule has 3 aromatic rings. The minimum atomic E-state index is -3.35. The highest BCUT2D eigenvalue weighted by atomic mass is 35.5. The van der Waals surface area contributed by atoms with E-state index in [0.29, 0.717) is 35.1 Å². The number of rotatable bonds is 5. The van der Waals surface area contributed by atoms with Gasteiger partial charge in [0.15, 0.2) is 0 Å². The second kappa shape index (κ2) is 8.36. The van der Waals surface area contributed by atoms with Crippen molar-refractivity contribution >= 4 is 33.2 Å². The van der Waals surface area contributed by atoms with Gasteiger partial charge in [0.1, 0.15) is 11.9 Å². The molecule has 0 saturated heterocycles. The van der Waals surface area contributed by atoms with Gasteiger partial charge in [-0.1, -0.05) is 23.7 Å². The zero-order valence-corrected chi connectivity index (χ0v) is 18.8. The highest BCUT2D eigenvalue weighted by Crippen LogP contribution is 2.30. The summed E-state index contributed by atoms with van der Waals surface area (Å²) in [4.78, 5) is 17.6. The first-order valence-electron chi connectivity index (χ1n) is 9.88. The lowest BCUT2D eigenvalue weighted by Gasteiger charge is -2.29. The number of carbonyl (C=O) groups is 1. The van der Waals surface area contributed by atoms with Gasteiger partial charge in [-0.3, -0.25) is 9.10 Å². The van der Waals surface area contributed by atoms with Crippen LogP contribution in [0.4, 0.5) is 5.69 Å². The van der Waals surface area contributed by atoms with Gasteiger partial charge in [-0.05, 0) is 54.3 Å². The number of imidazole rings is 1. The molecule has 0 fully saturated rings. The molecule has 31 heavy (non-hydrogen) atoms. The van der Waals surface area contributed by atoms with Crippen LogP contribution in [0.5, 0.6) is 0 Å². The Hall–Kier alpha value is -2.84. The third-order valence-electron chi connectivity index (χ3n) is 5.41. The molecule has 2 aromatic carbocycles. The molecule has 0 radical (unpaired) electrons. The number of aryl methyl sites for hydroxylation is 2. The first-order chi connectivity index (χ1) is 14.7. The van der Waals surface area contributed by atoms with E-state index in [2.05, 4.69) is 10.3 Å². The largest absolute Gasteiger partial charge is 0.338 e. The molecular weight excluding hydrogens is 436 g/mol. The number of fused-ring (bicyclic) bond motifs is 1. The van der Waals surface area contributed by atoms with E-state index in [1.54, 1.807) is 36.5 Å². The van der Waals surface area contributed by atoms with Crippen molar-refractivity contribution in [3.8, 4) is 0 Å². The van der Waals surface area contributed by atoms with Gasteiger partial charge in [0.2, 0.25) is 10.0 Å². The molecule has 0 aliphatic carbocycles. The van der Waals surface area contributed by atoms with Crippen molar-refractivity contribution in [3.05, 3.63) is 82.4 Å². The molecule has 1 atom stereocenters. The minimum absolute atomic E-state index is 0.262. The van der Waals surface area contributed by atoms with Gasteiger partial charge in [-0.2, -0.15) is 0 Å². The summed E-state index contributed by atoms with van der Waals surface area (Å²) in [6, 6.07) is 12.0. The van der Waals surface area contributed by atoms with E-state index < -0.39 is 16.1 Å². The van der Waals surface area contributed by atoms with Crippen LogP contribution in [0.2, 0.25) is 5.02 Å². The Labute approximate surface area is 186 Å². The quantitative estimate of drug-likeness (QED) is 0.635. The molecule has 4 rings (SSSR count). The number of nitrogens with one attached hydrogen (secondary N) is 1. The fourth-order valence-corrected chi connectivity index (χ4v) is 4.99. The number of hydrogen-bond acceptors (Lipinski definition) is 4. The number of anilines is 1. The summed E-state index contributed by atoms with van der Waals surface area (Å²) in [6.07, 6.45) is 6.15. The van der Waals surface area contributed by atoms with E-state index in [9.17, 15) is 13.2 Å². The maximum Gasteiger partial charge on any atom is 0.252 e. The molecule has 1 aromatic heterocycles. The molecular formula is C22H23ClN4O3S. The molecule has 1 N–H and O–H groups in total. The van der Waals surface area contributed by atoms with Crippen molar-refractivity contribution in [2.45, 2.75) is 18.9 Å². The topological polar surface area (TPSA) is 84.3 Å². The van der Waals surface area contributed by atoms with Crippen LogP contribution in [0.25, 0.3) is 0 Å². The van der Waals surface area contributed by atoms with Gasteiger partial charge >= 0.3 is 0 Å². The Morgan fingerprint density at radius 2 is 1.94 bits per heavy atom. The third kappa shape index (κ3) is 4.45. The molecule has 0 unspecified atom stereocenters. The molecule has 162 valence electrons. The molecule has 9 heteroatoms. The normalized spacial score (nSPS) is 14.7. The second-order valence-electron chi connectivity index (χ2n) is 7.64. The van der Waals surface area contributed by atoms with Crippen molar-refractivity contribution < 1.29 is 13.2 Å². The van der Waals surface area contributed by atoms with Crippen LogP contribution < -0.4 is 9.62 Å². The first-order valence-corrected chi connectivity index (χ1v) is 12.1. The number of hydrogen-bond donors (Lipinski definition) is 1. The molecule has 0 bridgehead atoms. The predicted molar refractivity (Wildman–Crippen MR) is 121 cm³/mol. The summed E-state index contributed by atoms with van der Waals surface area (Å²) in [5.74, 6) is 0.430. The van der Waals surface area contributed by atoms with Crippen molar-refractivity contribution in [1.82, 2.24) is 14.9 Å². The van der Waals surface area contributed by atoms with Crippen LogP contribution >= 0.6 is 11.6 Å². The van der Waals surface area contributed by atoms with Crippen LogP contribution in [0.3, 0.4) is 0 Å². The molecule has 2 heterocycles. The third-order valence-corrected chi connectivity index (χ3v) is 6.85. The van der Waals surface area contributed by atoms with Crippen LogP contribution in [0.15, 0.2) is 54.9 Å². The highest BCUT2D eigenvalue weighted by molar-refractivity contribution is 7.92. The molecule has 1 aliphatic rings. The maximum absolute atomic E-state index is 13.2. The van der Waals surface area contributed by atoms with Gasteiger partial charge < -0.3 is 9.88 Å². The summed E-state index contributed by atoms with van der Waals surface area (Å²) in [7, 11) is -1.48. The summed E-state index contributed by atoms with van der Waals surface area (Å²) < 4.78 is 27.4. The van der Waals surface area contributed by atoms with Crippen molar-refractivity contribution in [3.63, 3.8) is 0 Å². The number of benzene rings is 2. The fourth-order valence-electron chi connectivity index (χ4n) is 3.87. The van der Waals surface area contributed by atoms with E-state index >= 15 is 0 Å². The smallest absolute Gasteiger partial charge is 0.252 e. The highest BCUT2D eigenvalue weighted by Gasteiger charge is 2.26. The van der Waals surface area contributed by atoms with Crippen LogP contribution in [0, 0.1) is 0 Å². The predicted octanol–water partition coefficient (Wildman–Crippen LogP) is 3.31. The van der Waals surface area contributed by atoms with Gasteiger partial charge in [0.05, 0.1) is 11.9 Å². The molecule has 0 saturated carbocycles. The maximum atomic E-state index is 13.2. The average Bonchev–Trinajstić information content (AvgIpc) is 3.16. The lowest BCUT2D eigenvalue weighted by atomic mass is 10.00. The van der Waals surface area contributed by atoms with Gasteiger partial charge in [0.25, 0.3) is 5.91 Å². The Bertz CT molecular complexity index is 1220. The van der Waals surface area contributed by atoms with E-state index in [4.69, 9.17) is 11.6 Å². The van der Waals surface area contributed by atoms with Gasteiger partial charge in [-0.15, -0.1) is 0 Å². The minimum Gasteiger partial charge on any atom is -0.338 e. The molecule has 7 nitrogen and oxygen atoms in total. The Kier molecular flexibility index (Phi) is 5.77. The summed E-state index contributed by atoms with van der Waals surface area (Å²) in [5, 5.41) is 3.67. The van der Waals surface area contributed by atoms with Crippen LogP contribution in [-0.2, 0) is 23.5 Å². The number of sulfonamides is 1. The monoisotopic (exact) mass is 458 g/mol. The lowest BCUT2D eigenvalue weighted by molar-refractivity contribution is 0.0941. The Balaban J connectivity index is 1.65. The van der Waals surface area contributed by atoms with Gasteiger partial charge in [-0.25, -0.2) is 13.4 Å². The fraction of sp³-hybridized carbons (Fsp3) is 0.273. The number of nitrogens with zero attached hydrogens (tertiary/aromatic N) is 3. The van der Waals surface area contributed by atoms with Crippen molar-refractivity contribution in [1.29, 1.82) is 0 Å². The Morgan fingerprint density at radius 3 is 2.58 bits per heavy atom. The van der Waals surface area contributed by atoms with Crippen molar-refractivity contribution in [2.75, 3.05) is 17.1 Å². The molecule has 1 aliphatic heterocycles. The van der Waals surface area contributed by atoms with Crippen LogP contribution in [0.1, 0.15) is 39.8 Å². The standard InChI is InChI=1S/C22H23ClN4O3S/c1-26-13-11-24-21(26)20(15-5-8-18(23)9-6-15)25-22(28)17-7-10-19-16(14-17)4-3-12-27(19)31(2,29)30/h5-11,13-14,20H,3-4,12H2,1-2H3,(H,25,28)/t20-/m0/s1. The van der Waals surface area contributed by atoms with E-state index in [1.165, 1.54) is 10.6 Å². The van der Waals surface area contributed by atoms with Crippen LogP contribution in [-0.4, -0.2) is 36.7 Å². The Morgan fingerprint density at radius 1 is 1.19 bits per heavy atom. The summed E-state index contributed by atoms with van der Waals surface area (Å²) >= 11 is 6.03. The number of halogens is 1. The average molecular weight is 459 g/mol. The lowest BCUT2D eigenvalue weighted by Crippen LogP contribution is -2.35. The number of amides is 1. The second-order valence-corrected chi connectivity index (χ2v) is 9.98. The van der Waals surface area contributed by atoms with E-state index in [-0.39, 0.29) is 5.91 Å². The number of carbonyl (C=O) groups excluding carboxylic acids is 1. The van der Waals surface area contributed by atoms with E-state index in [1.807, 2.05) is 29.9 Å². The summed E-state index contributed by atoms with van der Waals surface area (Å²) in [5.41, 5.74) is 2.82. The van der Waals surface area contributed by atoms with Crippen molar-refractivity contribution in [2.24, 2.45) is 7.05 Å². The molecule has 1 amide bonds.